The molecule has 1 unspecified atom stereocenters. The number of nitrogens with one attached hydrogen (secondary N) is 2. The lowest BCUT2D eigenvalue weighted by Gasteiger charge is -2.08. The van der Waals surface area contributed by atoms with Crippen molar-refractivity contribution in [1.82, 2.24) is 10.3 Å². The molecule has 2 heterocycles. The third-order valence-corrected chi connectivity index (χ3v) is 2.89. The molecule has 74 valence electrons. The first-order valence-electron chi connectivity index (χ1n) is 4.39. The van der Waals surface area contributed by atoms with Crippen LogP contribution in [-0.4, -0.2) is 28.6 Å². The van der Waals surface area contributed by atoms with Gasteiger partial charge in [0, 0.05) is 17.8 Å². The minimum atomic E-state index is -0.0815. The van der Waals surface area contributed by atoms with Crippen molar-refractivity contribution in [2.75, 3.05) is 16.9 Å². The maximum Gasteiger partial charge on any atom is 0.243 e. The highest BCUT2D eigenvalue weighted by atomic mass is 32.2. The van der Waals surface area contributed by atoms with Gasteiger partial charge in [0.1, 0.15) is 5.82 Å². The largest absolute Gasteiger partial charge is 0.309 e. The molecule has 1 aromatic heterocycles. The molecular weight excluding hydrogens is 198 g/mol. The van der Waals surface area contributed by atoms with Gasteiger partial charge in [-0.25, -0.2) is 4.98 Å². The standard InChI is InChI=1S/C9H11N3OS/c13-9(7-5-14-6-11-7)12-8-3-1-2-4-10-8/h1-4,7,11H,5-6H2,(H,10,12,13). The molecule has 1 amide bonds. The quantitative estimate of drug-likeness (QED) is 0.752. The molecule has 0 radical (unpaired) electrons. The Labute approximate surface area is 86.5 Å². The van der Waals surface area contributed by atoms with E-state index in [9.17, 15) is 4.79 Å². The smallest absolute Gasteiger partial charge is 0.243 e. The highest BCUT2D eigenvalue weighted by molar-refractivity contribution is 7.99. The molecule has 2 N–H and O–H groups in total. The maximum atomic E-state index is 11.6. The van der Waals surface area contributed by atoms with E-state index >= 15 is 0 Å². The molecule has 2 rings (SSSR count). The number of pyridine rings is 1. The molecule has 1 atom stereocenters. The molecule has 1 fully saturated rings. The van der Waals surface area contributed by atoms with Gasteiger partial charge in [0.15, 0.2) is 0 Å². The summed E-state index contributed by atoms with van der Waals surface area (Å²) in [6.45, 7) is 0. The van der Waals surface area contributed by atoms with Gasteiger partial charge in [-0.1, -0.05) is 6.07 Å². The number of amides is 1. The zero-order chi connectivity index (χ0) is 9.80. The lowest BCUT2D eigenvalue weighted by molar-refractivity contribution is -0.117. The van der Waals surface area contributed by atoms with Crippen molar-refractivity contribution in [3.8, 4) is 0 Å². The van der Waals surface area contributed by atoms with E-state index in [0.717, 1.165) is 11.6 Å². The fraction of sp³-hybridized carbons (Fsp3) is 0.333. The summed E-state index contributed by atoms with van der Waals surface area (Å²) < 4.78 is 0. The summed E-state index contributed by atoms with van der Waals surface area (Å²) >= 11 is 1.73. The SMILES string of the molecule is O=C(Nc1ccccn1)C1CSCN1. The minimum absolute atomic E-state index is 0.00583. The van der Waals surface area contributed by atoms with Crippen molar-refractivity contribution in [1.29, 1.82) is 0 Å². The summed E-state index contributed by atoms with van der Waals surface area (Å²) in [5, 5.41) is 5.86. The van der Waals surface area contributed by atoms with Gasteiger partial charge in [-0.05, 0) is 12.1 Å². The van der Waals surface area contributed by atoms with Crippen LogP contribution in [0.5, 0.6) is 0 Å². The molecule has 5 heteroatoms. The molecule has 0 aliphatic carbocycles. The van der Waals surface area contributed by atoms with Crippen molar-refractivity contribution in [2.45, 2.75) is 6.04 Å². The van der Waals surface area contributed by atoms with Crippen molar-refractivity contribution < 1.29 is 4.79 Å². The number of aromatic nitrogens is 1. The first kappa shape index (κ1) is 9.48. The van der Waals surface area contributed by atoms with Crippen molar-refractivity contribution in [2.24, 2.45) is 0 Å². The van der Waals surface area contributed by atoms with Crippen LogP contribution in [0.2, 0.25) is 0 Å². The van der Waals surface area contributed by atoms with Gasteiger partial charge in [-0.2, -0.15) is 0 Å². The van der Waals surface area contributed by atoms with Gasteiger partial charge < -0.3 is 5.32 Å². The highest BCUT2D eigenvalue weighted by Gasteiger charge is 2.22. The highest BCUT2D eigenvalue weighted by Crippen LogP contribution is 2.11. The molecule has 1 saturated heterocycles. The molecule has 0 bridgehead atoms. The number of anilines is 1. The van der Waals surface area contributed by atoms with Crippen molar-refractivity contribution in [3.05, 3.63) is 24.4 Å². The summed E-state index contributed by atoms with van der Waals surface area (Å²) in [7, 11) is 0. The van der Waals surface area contributed by atoms with E-state index in [1.54, 1.807) is 24.0 Å². The van der Waals surface area contributed by atoms with Crippen LogP contribution in [0.1, 0.15) is 0 Å². The summed E-state index contributed by atoms with van der Waals surface area (Å²) in [6, 6.07) is 5.36. The molecule has 4 nitrogen and oxygen atoms in total. The average molecular weight is 209 g/mol. The van der Waals surface area contributed by atoms with Crippen LogP contribution < -0.4 is 10.6 Å². The first-order chi connectivity index (χ1) is 6.86. The topological polar surface area (TPSA) is 54.0 Å². The Morgan fingerprint density at radius 3 is 3.21 bits per heavy atom. The lowest BCUT2D eigenvalue weighted by atomic mass is 10.3. The lowest BCUT2D eigenvalue weighted by Crippen LogP contribution is -2.37. The number of nitrogens with zero attached hydrogens (tertiary/aromatic N) is 1. The molecule has 1 aliphatic heterocycles. The Hall–Kier alpha value is -1.07. The second-order valence-electron chi connectivity index (χ2n) is 2.98. The third-order valence-electron chi connectivity index (χ3n) is 1.95. The van der Waals surface area contributed by atoms with Crippen LogP contribution in [-0.2, 0) is 4.79 Å². The fourth-order valence-corrected chi connectivity index (χ4v) is 2.16. The summed E-state index contributed by atoms with van der Waals surface area (Å²) in [4.78, 5) is 15.6. The van der Waals surface area contributed by atoms with Crippen molar-refractivity contribution in [3.63, 3.8) is 0 Å². The van der Waals surface area contributed by atoms with E-state index in [1.165, 1.54) is 0 Å². The predicted octanol–water partition coefficient (Wildman–Crippen LogP) is 0.683. The van der Waals surface area contributed by atoms with Crippen LogP contribution in [0, 0.1) is 0 Å². The third kappa shape index (κ3) is 2.24. The van der Waals surface area contributed by atoms with Crippen molar-refractivity contribution >= 4 is 23.5 Å². The second-order valence-corrected chi connectivity index (χ2v) is 4.01. The Morgan fingerprint density at radius 1 is 1.64 bits per heavy atom. The predicted molar refractivity (Wildman–Crippen MR) is 57.1 cm³/mol. The maximum absolute atomic E-state index is 11.6. The van der Waals surface area contributed by atoms with E-state index in [4.69, 9.17) is 0 Å². The van der Waals surface area contributed by atoms with E-state index in [-0.39, 0.29) is 11.9 Å². The zero-order valence-corrected chi connectivity index (χ0v) is 8.38. The molecule has 1 aromatic rings. The first-order valence-corrected chi connectivity index (χ1v) is 5.55. The van der Waals surface area contributed by atoms with Gasteiger partial charge in [0.2, 0.25) is 5.91 Å². The van der Waals surface area contributed by atoms with Crippen LogP contribution in [0.25, 0.3) is 0 Å². The van der Waals surface area contributed by atoms with Gasteiger partial charge in [-0.15, -0.1) is 11.8 Å². The van der Waals surface area contributed by atoms with E-state index in [1.807, 2.05) is 12.1 Å². The Kier molecular flexibility index (Phi) is 3.00. The van der Waals surface area contributed by atoms with E-state index < -0.39 is 0 Å². The van der Waals surface area contributed by atoms with Crippen LogP contribution in [0.4, 0.5) is 5.82 Å². The fourth-order valence-electron chi connectivity index (χ4n) is 1.21. The van der Waals surface area contributed by atoms with E-state index in [2.05, 4.69) is 15.6 Å². The number of thioether (sulfide) groups is 1. The van der Waals surface area contributed by atoms with Crippen LogP contribution >= 0.6 is 11.8 Å². The number of hydrogen-bond acceptors (Lipinski definition) is 4. The zero-order valence-electron chi connectivity index (χ0n) is 7.56. The number of rotatable bonds is 2. The van der Waals surface area contributed by atoms with Gasteiger partial charge in [0.25, 0.3) is 0 Å². The summed E-state index contributed by atoms with van der Waals surface area (Å²) in [5.74, 6) is 2.28. The molecular formula is C9H11N3OS. The van der Waals surface area contributed by atoms with E-state index in [0.29, 0.717) is 5.82 Å². The van der Waals surface area contributed by atoms with Gasteiger partial charge in [0.05, 0.1) is 6.04 Å². The number of hydrogen-bond donors (Lipinski definition) is 2. The minimum Gasteiger partial charge on any atom is -0.309 e. The molecule has 0 aromatic carbocycles. The van der Waals surface area contributed by atoms with Crippen LogP contribution in [0.15, 0.2) is 24.4 Å². The average Bonchev–Trinajstić information content (AvgIpc) is 2.72. The Morgan fingerprint density at radius 2 is 2.57 bits per heavy atom. The molecule has 0 saturated carbocycles. The Bertz CT molecular complexity index is 311. The molecule has 1 aliphatic rings. The van der Waals surface area contributed by atoms with Gasteiger partial charge >= 0.3 is 0 Å². The van der Waals surface area contributed by atoms with Crippen LogP contribution in [0.3, 0.4) is 0 Å². The Balaban J connectivity index is 1.94. The monoisotopic (exact) mass is 209 g/mol. The molecule has 14 heavy (non-hydrogen) atoms. The van der Waals surface area contributed by atoms with Gasteiger partial charge in [-0.3, -0.25) is 10.1 Å². The summed E-state index contributed by atoms with van der Waals surface area (Å²) in [5.41, 5.74) is 0. The second kappa shape index (κ2) is 4.43. The summed E-state index contributed by atoms with van der Waals surface area (Å²) in [6.07, 6.45) is 1.66. The number of carbonyl (C=O) groups is 1. The normalized spacial score (nSPS) is 20.7. The molecule has 0 spiro atoms. The number of carbonyl (C=O) groups excluding carboxylic acids is 1.